The molecule has 20 heavy (non-hydrogen) atoms. The molecule has 2 aromatic rings. The molecule has 6 heteroatoms. The van der Waals surface area contributed by atoms with Crippen LogP contribution in [0.2, 0.25) is 5.28 Å². The van der Waals surface area contributed by atoms with Crippen molar-refractivity contribution in [2.45, 2.75) is 33.1 Å². The van der Waals surface area contributed by atoms with Crippen molar-refractivity contribution in [2.75, 3.05) is 18.0 Å². The zero-order valence-electron chi connectivity index (χ0n) is 11.9. The minimum atomic E-state index is 0.279. The van der Waals surface area contributed by atoms with Crippen LogP contribution in [0.15, 0.2) is 6.20 Å². The van der Waals surface area contributed by atoms with E-state index in [1.807, 2.05) is 0 Å². The molecule has 0 bridgehead atoms. The first kappa shape index (κ1) is 13.6. The predicted molar refractivity (Wildman–Crippen MR) is 81.1 cm³/mol. The molecule has 0 spiro atoms. The Morgan fingerprint density at radius 3 is 2.95 bits per heavy atom. The van der Waals surface area contributed by atoms with Crippen LogP contribution >= 0.6 is 11.6 Å². The molecule has 108 valence electrons. The average molecular weight is 294 g/mol. The molecule has 2 aromatic heterocycles. The summed E-state index contributed by atoms with van der Waals surface area (Å²) in [5.74, 6) is 2.47. The SMILES string of the molecule is CC(C)C1CCCN(c2nc(Cl)nc3[nH]ncc23)CC1. The largest absolute Gasteiger partial charge is 0.356 e. The van der Waals surface area contributed by atoms with Crippen molar-refractivity contribution in [1.82, 2.24) is 20.2 Å². The van der Waals surface area contributed by atoms with Crippen molar-refractivity contribution in [3.05, 3.63) is 11.5 Å². The van der Waals surface area contributed by atoms with Crippen LogP contribution in [-0.4, -0.2) is 33.3 Å². The molecule has 3 heterocycles. The second-order valence-corrected chi connectivity index (χ2v) is 6.21. The van der Waals surface area contributed by atoms with Gasteiger partial charge in [0.15, 0.2) is 5.65 Å². The Hall–Kier alpha value is -1.36. The highest BCUT2D eigenvalue weighted by Crippen LogP contribution is 2.29. The summed E-state index contributed by atoms with van der Waals surface area (Å²) in [5.41, 5.74) is 0.713. The van der Waals surface area contributed by atoms with Crippen molar-refractivity contribution in [2.24, 2.45) is 11.8 Å². The number of aromatic amines is 1. The number of fused-ring (bicyclic) bond motifs is 1. The monoisotopic (exact) mass is 293 g/mol. The van der Waals surface area contributed by atoms with E-state index in [1.54, 1.807) is 6.20 Å². The molecule has 0 aromatic carbocycles. The van der Waals surface area contributed by atoms with Crippen LogP contribution in [0.25, 0.3) is 11.0 Å². The summed E-state index contributed by atoms with van der Waals surface area (Å²) in [7, 11) is 0. The van der Waals surface area contributed by atoms with Gasteiger partial charge in [-0.25, -0.2) is 0 Å². The molecule has 0 radical (unpaired) electrons. The second-order valence-electron chi connectivity index (χ2n) is 5.87. The summed E-state index contributed by atoms with van der Waals surface area (Å²) in [5, 5.41) is 8.16. The molecule has 1 fully saturated rings. The van der Waals surface area contributed by atoms with E-state index in [0.29, 0.717) is 5.65 Å². The summed E-state index contributed by atoms with van der Waals surface area (Å²) >= 11 is 6.02. The fourth-order valence-corrected chi connectivity index (χ4v) is 3.20. The predicted octanol–water partition coefficient (Wildman–Crippen LogP) is 3.27. The lowest BCUT2D eigenvalue weighted by molar-refractivity contribution is 0.351. The molecule has 1 aliphatic rings. The van der Waals surface area contributed by atoms with Crippen LogP contribution in [0.4, 0.5) is 5.82 Å². The number of anilines is 1. The number of nitrogens with zero attached hydrogens (tertiary/aromatic N) is 4. The Labute approximate surface area is 123 Å². The third kappa shape index (κ3) is 2.59. The molecule has 1 saturated heterocycles. The molecule has 3 rings (SSSR count). The highest BCUT2D eigenvalue weighted by Gasteiger charge is 2.22. The Balaban J connectivity index is 1.89. The number of nitrogens with one attached hydrogen (secondary N) is 1. The van der Waals surface area contributed by atoms with Crippen molar-refractivity contribution in [3.8, 4) is 0 Å². The Kier molecular flexibility index (Phi) is 3.78. The van der Waals surface area contributed by atoms with Gasteiger partial charge in [-0.05, 0) is 42.7 Å². The number of hydrogen-bond acceptors (Lipinski definition) is 4. The minimum Gasteiger partial charge on any atom is -0.356 e. The van der Waals surface area contributed by atoms with Gasteiger partial charge in [0.2, 0.25) is 5.28 Å². The van der Waals surface area contributed by atoms with Gasteiger partial charge in [0, 0.05) is 13.1 Å². The van der Waals surface area contributed by atoms with Gasteiger partial charge in [-0.1, -0.05) is 13.8 Å². The average Bonchev–Trinajstić information content (AvgIpc) is 2.73. The third-order valence-corrected chi connectivity index (χ3v) is 4.45. The number of halogens is 1. The lowest BCUT2D eigenvalue weighted by atomic mass is 9.89. The van der Waals surface area contributed by atoms with E-state index in [0.717, 1.165) is 36.1 Å². The third-order valence-electron chi connectivity index (χ3n) is 4.28. The number of H-pyrrole nitrogens is 1. The zero-order valence-corrected chi connectivity index (χ0v) is 12.7. The number of rotatable bonds is 2. The van der Waals surface area contributed by atoms with Gasteiger partial charge in [-0.2, -0.15) is 15.1 Å². The molecule has 5 nitrogen and oxygen atoms in total. The highest BCUT2D eigenvalue weighted by molar-refractivity contribution is 6.28. The number of hydrogen-bond donors (Lipinski definition) is 1. The minimum absolute atomic E-state index is 0.279. The highest BCUT2D eigenvalue weighted by atomic mass is 35.5. The van der Waals surface area contributed by atoms with Crippen molar-refractivity contribution >= 4 is 28.5 Å². The maximum absolute atomic E-state index is 6.02. The fraction of sp³-hybridized carbons (Fsp3) is 0.643. The van der Waals surface area contributed by atoms with Crippen LogP contribution in [0, 0.1) is 11.8 Å². The van der Waals surface area contributed by atoms with Gasteiger partial charge < -0.3 is 4.90 Å². The molecular weight excluding hydrogens is 274 g/mol. The standard InChI is InChI=1S/C14H20ClN5/c1-9(2)10-4-3-6-20(7-5-10)13-11-8-16-19-12(11)17-14(15)18-13/h8-10H,3-7H2,1-2H3,(H,16,17,18,19). The first-order valence-corrected chi connectivity index (χ1v) is 7.64. The van der Waals surface area contributed by atoms with Crippen LogP contribution in [0.1, 0.15) is 33.1 Å². The van der Waals surface area contributed by atoms with Crippen LogP contribution in [0.5, 0.6) is 0 Å². The fourth-order valence-electron chi connectivity index (χ4n) is 3.03. The van der Waals surface area contributed by atoms with Gasteiger partial charge in [0.1, 0.15) is 5.82 Å². The first-order valence-electron chi connectivity index (χ1n) is 7.26. The van der Waals surface area contributed by atoms with Crippen molar-refractivity contribution < 1.29 is 0 Å². The lowest BCUT2D eigenvalue weighted by Gasteiger charge is -2.23. The molecule has 0 aliphatic carbocycles. The topological polar surface area (TPSA) is 57.7 Å². The molecular formula is C14H20ClN5. The van der Waals surface area contributed by atoms with Crippen molar-refractivity contribution in [3.63, 3.8) is 0 Å². The second kappa shape index (κ2) is 5.56. The quantitative estimate of drug-likeness (QED) is 0.864. The van der Waals surface area contributed by atoms with Crippen LogP contribution < -0.4 is 4.90 Å². The van der Waals surface area contributed by atoms with Crippen molar-refractivity contribution in [1.29, 1.82) is 0 Å². The van der Waals surface area contributed by atoms with Gasteiger partial charge in [0.05, 0.1) is 11.6 Å². The van der Waals surface area contributed by atoms with Gasteiger partial charge in [-0.15, -0.1) is 0 Å². The van der Waals surface area contributed by atoms with E-state index in [4.69, 9.17) is 11.6 Å². The molecule has 0 amide bonds. The molecule has 1 unspecified atom stereocenters. The summed E-state index contributed by atoms with van der Waals surface area (Å²) in [6.07, 6.45) is 5.48. The number of aromatic nitrogens is 4. The van der Waals surface area contributed by atoms with E-state index < -0.39 is 0 Å². The van der Waals surface area contributed by atoms with Gasteiger partial charge in [0.25, 0.3) is 0 Å². The van der Waals surface area contributed by atoms with E-state index >= 15 is 0 Å². The normalized spacial score (nSPS) is 20.6. The smallest absolute Gasteiger partial charge is 0.226 e. The Bertz CT molecular complexity index is 594. The molecule has 0 saturated carbocycles. The molecule has 1 N–H and O–H groups in total. The molecule has 1 aliphatic heterocycles. The maximum Gasteiger partial charge on any atom is 0.226 e. The summed E-state index contributed by atoms with van der Waals surface area (Å²) in [6, 6.07) is 0. The van der Waals surface area contributed by atoms with E-state index in [-0.39, 0.29) is 5.28 Å². The zero-order chi connectivity index (χ0) is 14.1. The van der Waals surface area contributed by atoms with Gasteiger partial charge in [-0.3, -0.25) is 5.10 Å². The maximum atomic E-state index is 6.02. The van der Waals surface area contributed by atoms with Gasteiger partial charge >= 0.3 is 0 Å². The summed E-state index contributed by atoms with van der Waals surface area (Å²) in [6.45, 7) is 6.68. The van der Waals surface area contributed by atoms with E-state index in [9.17, 15) is 0 Å². The Morgan fingerprint density at radius 2 is 2.15 bits per heavy atom. The first-order chi connectivity index (χ1) is 9.65. The van der Waals surface area contributed by atoms with Crippen LogP contribution in [0.3, 0.4) is 0 Å². The van der Waals surface area contributed by atoms with E-state index in [1.165, 1.54) is 19.3 Å². The van der Waals surface area contributed by atoms with Crippen LogP contribution in [-0.2, 0) is 0 Å². The Morgan fingerprint density at radius 1 is 1.30 bits per heavy atom. The molecule has 1 atom stereocenters. The lowest BCUT2D eigenvalue weighted by Crippen LogP contribution is -2.26. The van der Waals surface area contributed by atoms with E-state index in [2.05, 4.69) is 38.9 Å². The summed E-state index contributed by atoms with van der Waals surface area (Å²) < 4.78 is 0. The summed E-state index contributed by atoms with van der Waals surface area (Å²) in [4.78, 5) is 10.9.